The maximum atomic E-state index is 13.4. The Morgan fingerprint density at radius 2 is 1.68 bits per heavy atom. The Hall–Kier alpha value is -4.00. The molecule has 172 valence electrons. The molecule has 0 saturated carbocycles. The lowest BCUT2D eigenvalue weighted by atomic mass is 10.0. The van der Waals surface area contributed by atoms with Crippen LogP contribution in [-0.2, 0) is 11.3 Å². The maximum absolute atomic E-state index is 13.4. The van der Waals surface area contributed by atoms with Gasteiger partial charge in [0, 0.05) is 43.0 Å². The van der Waals surface area contributed by atoms with E-state index in [4.69, 9.17) is 0 Å². The Bertz CT molecular complexity index is 1230. The molecule has 5 rings (SSSR count). The molecule has 1 N–H and O–H groups in total. The molecule has 0 radical (unpaired) electrons. The van der Waals surface area contributed by atoms with E-state index in [0.717, 1.165) is 30.4 Å². The Kier molecular flexibility index (Phi) is 6.08. The summed E-state index contributed by atoms with van der Waals surface area (Å²) in [6.07, 6.45) is 5.77. The number of aromatic nitrogens is 1. The van der Waals surface area contributed by atoms with Gasteiger partial charge in [-0.15, -0.1) is 0 Å². The van der Waals surface area contributed by atoms with Crippen LogP contribution in [0.1, 0.15) is 63.7 Å². The number of para-hydroxylation sites is 1. The summed E-state index contributed by atoms with van der Waals surface area (Å²) < 4.78 is 0. The molecular weight excluding hydrogens is 428 g/mol. The lowest BCUT2D eigenvalue weighted by Gasteiger charge is -2.41. The zero-order valence-corrected chi connectivity index (χ0v) is 18.8. The van der Waals surface area contributed by atoms with Crippen LogP contribution in [0, 0.1) is 0 Å². The van der Waals surface area contributed by atoms with Gasteiger partial charge in [0.25, 0.3) is 11.8 Å². The minimum absolute atomic E-state index is 0.00771. The van der Waals surface area contributed by atoms with E-state index < -0.39 is 6.17 Å². The molecule has 3 heterocycles. The number of fused-ring (bicyclic) bond motifs is 5. The quantitative estimate of drug-likeness (QED) is 0.520. The van der Waals surface area contributed by atoms with Crippen molar-refractivity contribution in [3.05, 3.63) is 95.3 Å². The first-order valence-corrected chi connectivity index (χ1v) is 11.6. The van der Waals surface area contributed by atoms with Crippen molar-refractivity contribution in [2.45, 2.75) is 38.4 Å². The predicted molar refractivity (Wildman–Crippen MR) is 128 cm³/mol. The number of carbonyl (C=O) groups excluding carboxylic acids is 3. The molecule has 0 fully saturated rings. The van der Waals surface area contributed by atoms with E-state index in [1.165, 1.54) is 0 Å². The van der Waals surface area contributed by atoms with Crippen molar-refractivity contribution >= 4 is 23.4 Å². The molecule has 0 saturated heterocycles. The monoisotopic (exact) mass is 454 g/mol. The van der Waals surface area contributed by atoms with Crippen LogP contribution in [0.2, 0.25) is 0 Å². The van der Waals surface area contributed by atoms with Crippen LogP contribution in [0.25, 0.3) is 0 Å². The summed E-state index contributed by atoms with van der Waals surface area (Å²) in [6.45, 7) is 0.993. The number of carbonyl (C=O) groups is 3. The number of anilines is 1. The van der Waals surface area contributed by atoms with E-state index in [1.807, 2.05) is 54.6 Å². The number of benzene rings is 2. The number of rotatable bonds is 8. The molecule has 2 aliphatic rings. The van der Waals surface area contributed by atoms with Crippen molar-refractivity contribution in [1.82, 2.24) is 15.2 Å². The molecule has 2 aliphatic heterocycles. The topological polar surface area (TPSA) is 82.6 Å². The molecule has 7 nitrogen and oxygen atoms in total. The molecule has 0 bridgehead atoms. The van der Waals surface area contributed by atoms with Gasteiger partial charge in [0.05, 0.1) is 11.3 Å². The number of hydrogen-bond acceptors (Lipinski definition) is 4. The average Bonchev–Trinajstić information content (AvgIpc) is 3.17. The molecule has 1 unspecified atom stereocenters. The number of unbranched alkanes of at least 4 members (excludes halogenated alkanes) is 2. The third kappa shape index (κ3) is 4.05. The number of amides is 3. The van der Waals surface area contributed by atoms with E-state index in [2.05, 4.69) is 10.3 Å². The average molecular weight is 455 g/mol. The molecule has 2 aromatic carbocycles. The minimum Gasteiger partial charge on any atom is -0.352 e. The van der Waals surface area contributed by atoms with Crippen LogP contribution in [0.5, 0.6) is 0 Å². The van der Waals surface area contributed by atoms with Gasteiger partial charge < -0.3 is 10.2 Å². The van der Waals surface area contributed by atoms with Gasteiger partial charge >= 0.3 is 0 Å². The fourth-order valence-electron chi connectivity index (χ4n) is 4.74. The van der Waals surface area contributed by atoms with Crippen molar-refractivity contribution in [2.75, 3.05) is 11.4 Å². The lowest BCUT2D eigenvalue weighted by molar-refractivity contribution is -0.121. The summed E-state index contributed by atoms with van der Waals surface area (Å²) in [5.74, 6) is -0.125. The molecule has 1 atom stereocenters. The summed E-state index contributed by atoms with van der Waals surface area (Å²) in [6, 6.07) is 18.6. The van der Waals surface area contributed by atoms with Gasteiger partial charge in [0.15, 0.2) is 0 Å². The van der Waals surface area contributed by atoms with Gasteiger partial charge in [-0.3, -0.25) is 24.3 Å². The molecule has 3 aromatic rings. The molecule has 3 amide bonds. The standard InChI is InChI=1S/C27H26N4O3/c32-24(29-18-19-9-8-15-28-17-19)14-2-1-7-16-30-25-20-10-3-4-11-21(20)27(34)31(25)23-13-6-5-12-22(23)26(30)33/h3-6,8-13,15,17,25H,1-2,7,14,16,18H2,(H,29,32). The van der Waals surface area contributed by atoms with Gasteiger partial charge in [-0.25, -0.2) is 0 Å². The van der Waals surface area contributed by atoms with Crippen molar-refractivity contribution < 1.29 is 14.4 Å². The number of nitrogens with one attached hydrogen (secondary N) is 1. The minimum atomic E-state index is -0.422. The maximum Gasteiger partial charge on any atom is 0.260 e. The molecule has 0 spiro atoms. The third-order valence-electron chi connectivity index (χ3n) is 6.40. The van der Waals surface area contributed by atoms with Crippen LogP contribution in [0.4, 0.5) is 5.69 Å². The second-order valence-corrected chi connectivity index (χ2v) is 8.60. The van der Waals surface area contributed by atoms with Crippen molar-refractivity contribution in [2.24, 2.45) is 0 Å². The smallest absolute Gasteiger partial charge is 0.260 e. The Labute approximate surface area is 198 Å². The first-order valence-electron chi connectivity index (χ1n) is 11.6. The van der Waals surface area contributed by atoms with E-state index in [-0.39, 0.29) is 17.7 Å². The summed E-state index contributed by atoms with van der Waals surface area (Å²) in [4.78, 5) is 46.3. The highest BCUT2D eigenvalue weighted by atomic mass is 16.2. The Balaban J connectivity index is 1.21. The highest BCUT2D eigenvalue weighted by molar-refractivity contribution is 6.16. The summed E-state index contributed by atoms with van der Waals surface area (Å²) in [5, 5.41) is 2.92. The largest absolute Gasteiger partial charge is 0.352 e. The summed E-state index contributed by atoms with van der Waals surface area (Å²) >= 11 is 0. The molecule has 1 aromatic heterocycles. The van der Waals surface area contributed by atoms with E-state index in [1.54, 1.807) is 28.3 Å². The van der Waals surface area contributed by atoms with Crippen molar-refractivity contribution in [3.8, 4) is 0 Å². The number of pyridine rings is 1. The number of hydrogen-bond donors (Lipinski definition) is 1. The zero-order chi connectivity index (χ0) is 23.5. The van der Waals surface area contributed by atoms with Crippen LogP contribution in [0.15, 0.2) is 73.1 Å². The van der Waals surface area contributed by atoms with Gasteiger partial charge in [0.2, 0.25) is 5.91 Å². The number of nitrogens with zero attached hydrogens (tertiary/aromatic N) is 3. The first-order chi connectivity index (χ1) is 16.6. The summed E-state index contributed by atoms with van der Waals surface area (Å²) in [7, 11) is 0. The Morgan fingerprint density at radius 3 is 2.50 bits per heavy atom. The fraction of sp³-hybridized carbons (Fsp3) is 0.259. The van der Waals surface area contributed by atoms with Gasteiger partial charge in [-0.1, -0.05) is 42.8 Å². The third-order valence-corrected chi connectivity index (χ3v) is 6.40. The molecule has 7 heteroatoms. The highest BCUT2D eigenvalue weighted by Crippen LogP contribution is 2.45. The van der Waals surface area contributed by atoms with E-state index in [9.17, 15) is 14.4 Å². The van der Waals surface area contributed by atoms with Crippen molar-refractivity contribution in [3.63, 3.8) is 0 Å². The second kappa shape index (κ2) is 9.47. The highest BCUT2D eigenvalue weighted by Gasteiger charge is 2.47. The predicted octanol–water partition coefficient (Wildman–Crippen LogP) is 4.07. The SMILES string of the molecule is O=C(CCCCCN1C(=O)c2ccccc2N2C(=O)c3ccccc3C12)NCc1cccnc1. The van der Waals surface area contributed by atoms with Crippen molar-refractivity contribution in [1.29, 1.82) is 0 Å². The van der Waals surface area contributed by atoms with Crippen LogP contribution >= 0.6 is 0 Å². The van der Waals surface area contributed by atoms with Gasteiger partial charge in [0.1, 0.15) is 6.17 Å². The molecular formula is C27H26N4O3. The van der Waals surface area contributed by atoms with E-state index in [0.29, 0.717) is 36.3 Å². The second-order valence-electron chi connectivity index (χ2n) is 8.60. The van der Waals surface area contributed by atoms with Crippen LogP contribution in [0.3, 0.4) is 0 Å². The van der Waals surface area contributed by atoms with Crippen LogP contribution < -0.4 is 10.2 Å². The lowest BCUT2D eigenvalue weighted by Crippen LogP contribution is -2.48. The van der Waals surface area contributed by atoms with Crippen LogP contribution in [-0.4, -0.2) is 34.2 Å². The molecule has 34 heavy (non-hydrogen) atoms. The first kappa shape index (κ1) is 21.8. The van der Waals surface area contributed by atoms with Gasteiger partial charge in [-0.2, -0.15) is 0 Å². The van der Waals surface area contributed by atoms with Gasteiger partial charge in [-0.05, 0) is 42.7 Å². The van der Waals surface area contributed by atoms with E-state index >= 15 is 0 Å². The Morgan fingerprint density at radius 1 is 0.882 bits per heavy atom. The normalized spacial score (nSPS) is 16.2. The molecule has 0 aliphatic carbocycles. The zero-order valence-electron chi connectivity index (χ0n) is 18.8. The summed E-state index contributed by atoms with van der Waals surface area (Å²) in [5.41, 5.74) is 3.70. The fourth-order valence-corrected chi connectivity index (χ4v) is 4.74.